The molecule has 0 radical (unpaired) electrons. The van der Waals surface area contributed by atoms with Crippen molar-refractivity contribution in [1.29, 1.82) is 0 Å². The van der Waals surface area contributed by atoms with Crippen LogP contribution in [0, 0.1) is 0 Å². The molecule has 4 heteroatoms. The van der Waals surface area contributed by atoms with Gasteiger partial charge in [-0.3, -0.25) is 0 Å². The zero-order chi connectivity index (χ0) is 9.07. The zero-order valence-electron chi connectivity index (χ0n) is 6.28. The molecule has 0 unspecified atom stereocenters. The molecule has 0 fully saturated rings. The Hall–Kier alpha value is -0.510. The average Bonchev–Trinajstić information content (AvgIpc) is 1.85. The van der Waals surface area contributed by atoms with E-state index in [0.29, 0.717) is 12.0 Å². The van der Waals surface area contributed by atoms with Crippen molar-refractivity contribution in [2.24, 2.45) is 0 Å². The van der Waals surface area contributed by atoms with Crippen molar-refractivity contribution in [2.45, 2.75) is 32.0 Å². The highest BCUT2D eigenvalue weighted by molar-refractivity contribution is 4.95. The van der Waals surface area contributed by atoms with Gasteiger partial charge >= 0.3 is 6.18 Å². The fourth-order valence-electron chi connectivity index (χ4n) is 0.534. The number of aliphatic hydroxyl groups is 1. The molecular formula is C7H11F3O. The molecule has 1 nitrogen and oxygen atoms in total. The van der Waals surface area contributed by atoms with E-state index in [1.807, 2.05) is 0 Å². The molecule has 0 rings (SSSR count). The van der Waals surface area contributed by atoms with E-state index in [2.05, 4.69) is 6.58 Å². The predicted molar refractivity (Wildman–Crippen MR) is 36.1 cm³/mol. The van der Waals surface area contributed by atoms with Crippen molar-refractivity contribution in [2.75, 3.05) is 0 Å². The first-order valence-corrected chi connectivity index (χ1v) is 3.29. The van der Waals surface area contributed by atoms with E-state index in [9.17, 15) is 13.2 Å². The summed E-state index contributed by atoms with van der Waals surface area (Å²) in [5.74, 6) is 0. The van der Waals surface area contributed by atoms with Crippen LogP contribution in [0.4, 0.5) is 13.2 Å². The number of rotatable bonds is 3. The van der Waals surface area contributed by atoms with E-state index in [4.69, 9.17) is 5.11 Å². The van der Waals surface area contributed by atoms with Gasteiger partial charge in [-0.2, -0.15) is 13.2 Å². The van der Waals surface area contributed by atoms with E-state index < -0.39 is 12.3 Å². The maximum Gasteiger partial charge on any atom is 0.414 e. The molecule has 0 aliphatic carbocycles. The van der Waals surface area contributed by atoms with Gasteiger partial charge in [0.05, 0.1) is 0 Å². The lowest BCUT2D eigenvalue weighted by Crippen LogP contribution is -2.28. The molecule has 0 saturated heterocycles. The van der Waals surface area contributed by atoms with Crippen molar-refractivity contribution in [3.8, 4) is 0 Å². The second-order valence-corrected chi connectivity index (χ2v) is 2.37. The first-order valence-electron chi connectivity index (χ1n) is 3.29. The molecule has 0 aliphatic heterocycles. The SMILES string of the molecule is C=C(CC)C[C@H](O)C(F)(F)F. The smallest absolute Gasteiger partial charge is 0.383 e. The van der Waals surface area contributed by atoms with Gasteiger partial charge in [0.15, 0.2) is 6.10 Å². The van der Waals surface area contributed by atoms with E-state index in [1.165, 1.54) is 0 Å². The van der Waals surface area contributed by atoms with Crippen molar-refractivity contribution >= 4 is 0 Å². The largest absolute Gasteiger partial charge is 0.414 e. The van der Waals surface area contributed by atoms with Gasteiger partial charge in [-0.25, -0.2) is 0 Å². The number of aliphatic hydroxyl groups excluding tert-OH is 1. The molecule has 1 N–H and O–H groups in total. The molecule has 0 aromatic heterocycles. The lowest BCUT2D eigenvalue weighted by atomic mass is 10.1. The molecule has 0 spiro atoms. The second kappa shape index (κ2) is 3.76. The average molecular weight is 168 g/mol. The number of hydrogen-bond donors (Lipinski definition) is 1. The van der Waals surface area contributed by atoms with E-state index >= 15 is 0 Å². The van der Waals surface area contributed by atoms with Crippen LogP contribution in [-0.2, 0) is 0 Å². The summed E-state index contributed by atoms with van der Waals surface area (Å²) in [6, 6.07) is 0. The van der Waals surface area contributed by atoms with Crippen molar-refractivity contribution in [3.63, 3.8) is 0 Å². The fourth-order valence-corrected chi connectivity index (χ4v) is 0.534. The third-order valence-corrected chi connectivity index (χ3v) is 1.36. The minimum absolute atomic E-state index is 0.389. The Morgan fingerprint density at radius 3 is 2.27 bits per heavy atom. The van der Waals surface area contributed by atoms with Gasteiger partial charge in [0.25, 0.3) is 0 Å². The summed E-state index contributed by atoms with van der Waals surface area (Å²) >= 11 is 0. The Labute approximate surface area is 63.5 Å². The molecule has 0 saturated carbocycles. The fraction of sp³-hybridized carbons (Fsp3) is 0.714. The quantitative estimate of drug-likeness (QED) is 0.641. The lowest BCUT2D eigenvalue weighted by Gasteiger charge is -2.14. The minimum Gasteiger partial charge on any atom is -0.383 e. The van der Waals surface area contributed by atoms with E-state index in [1.54, 1.807) is 6.92 Å². The summed E-state index contributed by atoms with van der Waals surface area (Å²) in [4.78, 5) is 0. The third-order valence-electron chi connectivity index (χ3n) is 1.36. The van der Waals surface area contributed by atoms with Gasteiger partial charge in [0.1, 0.15) is 0 Å². The zero-order valence-corrected chi connectivity index (χ0v) is 6.28. The molecule has 66 valence electrons. The number of halogens is 3. The standard InChI is InChI=1S/C7H11F3O/c1-3-5(2)4-6(11)7(8,9)10/h6,11H,2-4H2,1H3/t6-/m0/s1. The summed E-state index contributed by atoms with van der Waals surface area (Å²) in [7, 11) is 0. The van der Waals surface area contributed by atoms with Crippen molar-refractivity contribution in [1.82, 2.24) is 0 Å². The first-order chi connectivity index (χ1) is 4.88. The Balaban J connectivity index is 3.87. The summed E-state index contributed by atoms with van der Waals surface area (Å²) in [5.41, 5.74) is 0.412. The third kappa shape index (κ3) is 4.03. The van der Waals surface area contributed by atoms with Gasteiger partial charge in [0, 0.05) is 6.42 Å². The summed E-state index contributed by atoms with van der Waals surface area (Å²) in [6.07, 6.45) is -6.69. The first kappa shape index (κ1) is 10.5. The number of alkyl halides is 3. The Kier molecular flexibility index (Phi) is 3.58. The van der Waals surface area contributed by atoms with Gasteiger partial charge in [0.2, 0.25) is 0 Å². The van der Waals surface area contributed by atoms with Crippen molar-refractivity contribution in [3.05, 3.63) is 12.2 Å². The maximum absolute atomic E-state index is 11.7. The van der Waals surface area contributed by atoms with E-state index in [-0.39, 0.29) is 6.42 Å². The molecule has 0 heterocycles. The highest BCUT2D eigenvalue weighted by Gasteiger charge is 2.37. The second-order valence-electron chi connectivity index (χ2n) is 2.37. The summed E-state index contributed by atoms with van der Waals surface area (Å²) < 4.78 is 35.0. The molecule has 0 bridgehead atoms. The highest BCUT2D eigenvalue weighted by atomic mass is 19.4. The predicted octanol–water partition coefficient (Wildman–Crippen LogP) is 2.27. The Morgan fingerprint density at radius 2 is 2.00 bits per heavy atom. The van der Waals surface area contributed by atoms with Gasteiger partial charge in [-0.05, 0) is 6.42 Å². The normalized spacial score (nSPS) is 14.6. The van der Waals surface area contributed by atoms with Crippen LogP contribution in [0.2, 0.25) is 0 Å². The molecule has 0 aromatic rings. The van der Waals surface area contributed by atoms with Crippen LogP contribution in [-0.4, -0.2) is 17.4 Å². The van der Waals surface area contributed by atoms with Gasteiger partial charge in [-0.1, -0.05) is 19.1 Å². The molecule has 0 aliphatic rings. The Bertz CT molecular complexity index is 139. The summed E-state index contributed by atoms with van der Waals surface area (Å²) in [6.45, 7) is 5.07. The monoisotopic (exact) mass is 168 g/mol. The van der Waals surface area contributed by atoms with Crippen LogP contribution in [0.3, 0.4) is 0 Å². The molecule has 0 aromatic carbocycles. The van der Waals surface area contributed by atoms with Crippen LogP contribution in [0.5, 0.6) is 0 Å². The highest BCUT2D eigenvalue weighted by Crippen LogP contribution is 2.24. The van der Waals surface area contributed by atoms with Gasteiger partial charge < -0.3 is 5.11 Å². The molecular weight excluding hydrogens is 157 g/mol. The van der Waals surface area contributed by atoms with Crippen LogP contribution >= 0.6 is 0 Å². The van der Waals surface area contributed by atoms with Crippen LogP contribution in [0.25, 0.3) is 0 Å². The lowest BCUT2D eigenvalue weighted by molar-refractivity contribution is -0.203. The number of hydrogen-bond acceptors (Lipinski definition) is 1. The van der Waals surface area contributed by atoms with Crippen LogP contribution < -0.4 is 0 Å². The maximum atomic E-state index is 11.7. The van der Waals surface area contributed by atoms with Crippen LogP contribution in [0.1, 0.15) is 19.8 Å². The Morgan fingerprint density at radius 1 is 1.55 bits per heavy atom. The molecule has 11 heavy (non-hydrogen) atoms. The summed E-state index contributed by atoms with van der Waals surface area (Å²) in [5, 5.41) is 8.50. The topological polar surface area (TPSA) is 20.2 Å². The van der Waals surface area contributed by atoms with Crippen molar-refractivity contribution < 1.29 is 18.3 Å². The van der Waals surface area contributed by atoms with Crippen LogP contribution in [0.15, 0.2) is 12.2 Å². The molecule has 0 amide bonds. The van der Waals surface area contributed by atoms with E-state index in [0.717, 1.165) is 0 Å². The molecule has 1 atom stereocenters. The minimum atomic E-state index is -4.52. The van der Waals surface area contributed by atoms with Gasteiger partial charge in [-0.15, -0.1) is 0 Å².